The molecule has 2 amide bonds. The molecule has 39 heavy (non-hydrogen) atoms. The number of ether oxygens (including phenoxy) is 1. The fourth-order valence-electron chi connectivity index (χ4n) is 5.87. The molecule has 2 aliphatic rings. The molecule has 218 valence electrons. The highest BCUT2D eigenvalue weighted by Crippen LogP contribution is 2.33. The average molecular weight is 545 g/mol. The highest BCUT2D eigenvalue weighted by Gasteiger charge is 2.38. The first-order valence-corrected chi connectivity index (χ1v) is 14.5. The van der Waals surface area contributed by atoms with Crippen molar-refractivity contribution < 1.29 is 24.2 Å². The van der Waals surface area contributed by atoms with Crippen molar-refractivity contribution in [3.63, 3.8) is 0 Å². The Morgan fingerprint density at radius 3 is 2.62 bits per heavy atom. The Morgan fingerprint density at radius 2 is 1.95 bits per heavy atom. The topological polar surface area (TPSA) is 120 Å². The molecule has 1 heterocycles. The molecule has 0 aromatic heterocycles. The minimum absolute atomic E-state index is 0.00953. The largest absolute Gasteiger partial charge is 0.489 e. The summed E-state index contributed by atoms with van der Waals surface area (Å²) in [5.74, 6) is 0.952. The van der Waals surface area contributed by atoms with E-state index in [-0.39, 0.29) is 23.8 Å². The standard InChI is InChI=1S/C30H48N4O5/c1-30(2,38)25(20-35)34(4)29(37)27(21-10-6-5-7-11-21)33-18-24-16-15-23-13-8-12-22(28(23)39-24)14-9-17-32-26(36)19-31-3/h8,12-13,20-21,24-25,27,31,33,38H,5-7,9-11,14-19H2,1-4H3,(H,32,36). The van der Waals surface area contributed by atoms with Crippen molar-refractivity contribution in [2.24, 2.45) is 5.92 Å². The number of benzene rings is 1. The number of rotatable bonds is 14. The summed E-state index contributed by atoms with van der Waals surface area (Å²) in [5.41, 5.74) is 1.01. The highest BCUT2D eigenvalue weighted by atomic mass is 16.5. The van der Waals surface area contributed by atoms with Gasteiger partial charge in [0.25, 0.3) is 0 Å². The predicted octanol–water partition coefficient (Wildman–Crippen LogP) is 1.98. The number of carbonyl (C=O) groups excluding carboxylic acids is 3. The van der Waals surface area contributed by atoms with Crippen molar-refractivity contribution in [3.05, 3.63) is 29.3 Å². The van der Waals surface area contributed by atoms with Gasteiger partial charge in [-0.05, 0) is 76.5 Å². The quantitative estimate of drug-likeness (QED) is 0.209. The van der Waals surface area contributed by atoms with Gasteiger partial charge in [-0.2, -0.15) is 0 Å². The number of nitrogens with zero attached hydrogens (tertiary/aromatic N) is 1. The molecule has 9 nitrogen and oxygen atoms in total. The van der Waals surface area contributed by atoms with Gasteiger partial charge in [-0.25, -0.2) is 0 Å². The van der Waals surface area contributed by atoms with Crippen LogP contribution in [0.5, 0.6) is 5.75 Å². The number of aryl methyl sites for hydroxylation is 2. The van der Waals surface area contributed by atoms with Crippen LogP contribution in [-0.4, -0.2) is 85.6 Å². The molecule has 3 rings (SSSR count). The molecule has 1 aromatic carbocycles. The first kappa shape index (κ1) is 31.0. The van der Waals surface area contributed by atoms with E-state index in [2.05, 4.69) is 34.1 Å². The summed E-state index contributed by atoms with van der Waals surface area (Å²) in [6, 6.07) is 4.92. The summed E-state index contributed by atoms with van der Waals surface area (Å²) < 4.78 is 6.50. The molecule has 1 fully saturated rings. The summed E-state index contributed by atoms with van der Waals surface area (Å²) in [5, 5.41) is 19.8. The number of para-hydroxylation sites is 1. The van der Waals surface area contributed by atoms with Crippen LogP contribution < -0.4 is 20.7 Å². The van der Waals surface area contributed by atoms with Gasteiger partial charge in [0.1, 0.15) is 24.2 Å². The molecule has 3 atom stereocenters. The van der Waals surface area contributed by atoms with Gasteiger partial charge in [-0.15, -0.1) is 0 Å². The molecule has 1 saturated carbocycles. The Hall–Kier alpha value is -2.49. The molecule has 0 radical (unpaired) electrons. The van der Waals surface area contributed by atoms with Crippen LogP contribution in [0.3, 0.4) is 0 Å². The fourth-order valence-corrected chi connectivity index (χ4v) is 5.87. The van der Waals surface area contributed by atoms with Crippen molar-refractivity contribution in [3.8, 4) is 5.75 Å². The second-order valence-electron chi connectivity index (χ2n) is 11.6. The van der Waals surface area contributed by atoms with E-state index in [0.29, 0.717) is 25.9 Å². The third-order valence-electron chi connectivity index (χ3n) is 8.05. The van der Waals surface area contributed by atoms with Gasteiger partial charge in [0.05, 0.1) is 18.2 Å². The van der Waals surface area contributed by atoms with E-state index in [0.717, 1.165) is 62.7 Å². The van der Waals surface area contributed by atoms with Gasteiger partial charge in [0.15, 0.2) is 0 Å². The summed E-state index contributed by atoms with van der Waals surface area (Å²) in [7, 11) is 3.36. The van der Waals surface area contributed by atoms with Crippen LogP contribution in [-0.2, 0) is 27.2 Å². The number of amides is 2. The Labute approximate surface area is 233 Å². The fraction of sp³-hybridized carbons (Fsp3) is 0.700. The van der Waals surface area contributed by atoms with Crippen molar-refractivity contribution in [2.45, 2.75) is 95.4 Å². The lowest BCUT2D eigenvalue weighted by atomic mass is 9.82. The average Bonchev–Trinajstić information content (AvgIpc) is 2.91. The van der Waals surface area contributed by atoms with Crippen LogP contribution in [0.2, 0.25) is 0 Å². The maximum Gasteiger partial charge on any atom is 0.240 e. The number of carbonyl (C=O) groups is 3. The lowest BCUT2D eigenvalue weighted by Gasteiger charge is -2.38. The van der Waals surface area contributed by atoms with Crippen molar-refractivity contribution in [1.82, 2.24) is 20.9 Å². The van der Waals surface area contributed by atoms with Gasteiger partial charge in [0, 0.05) is 20.1 Å². The molecule has 1 aliphatic heterocycles. The zero-order chi connectivity index (χ0) is 28.4. The zero-order valence-electron chi connectivity index (χ0n) is 24.1. The van der Waals surface area contributed by atoms with E-state index >= 15 is 0 Å². The van der Waals surface area contributed by atoms with Gasteiger partial charge < -0.3 is 35.5 Å². The molecular weight excluding hydrogens is 496 g/mol. The molecule has 1 aliphatic carbocycles. The van der Waals surface area contributed by atoms with E-state index in [1.165, 1.54) is 16.9 Å². The normalized spacial score (nSPS) is 19.4. The Morgan fingerprint density at radius 1 is 1.21 bits per heavy atom. The molecule has 9 heteroatoms. The van der Waals surface area contributed by atoms with Crippen LogP contribution in [0, 0.1) is 5.92 Å². The lowest BCUT2D eigenvalue weighted by Crippen LogP contribution is -2.58. The molecule has 0 spiro atoms. The number of aldehydes is 1. The third-order valence-corrected chi connectivity index (χ3v) is 8.05. The number of fused-ring (bicyclic) bond motifs is 1. The van der Waals surface area contributed by atoms with Crippen LogP contribution >= 0.6 is 0 Å². The molecule has 3 unspecified atom stereocenters. The molecular formula is C30H48N4O5. The van der Waals surface area contributed by atoms with Gasteiger partial charge in [-0.3, -0.25) is 9.59 Å². The number of likely N-dealkylation sites (N-methyl/N-ethyl adjacent to an activating group) is 2. The maximum absolute atomic E-state index is 13.7. The van der Waals surface area contributed by atoms with Crippen molar-refractivity contribution in [1.29, 1.82) is 0 Å². The Balaban J connectivity index is 1.65. The van der Waals surface area contributed by atoms with Gasteiger partial charge >= 0.3 is 0 Å². The summed E-state index contributed by atoms with van der Waals surface area (Å²) in [4.78, 5) is 38.6. The molecule has 0 saturated heterocycles. The number of aliphatic hydroxyl groups is 1. The van der Waals surface area contributed by atoms with Crippen LogP contribution in [0.1, 0.15) is 69.9 Å². The minimum atomic E-state index is -1.33. The highest BCUT2D eigenvalue weighted by molar-refractivity contribution is 5.85. The second-order valence-corrected chi connectivity index (χ2v) is 11.6. The van der Waals surface area contributed by atoms with Crippen molar-refractivity contribution >= 4 is 18.1 Å². The van der Waals surface area contributed by atoms with Crippen molar-refractivity contribution in [2.75, 3.05) is 33.7 Å². The first-order chi connectivity index (χ1) is 18.7. The van der Waals surface area contributed by atoms with Gasteiger partial charge in [-0.1, -0.05) is 37.5 Å². The summed E-state index contributed by atoms with van der Waals surface area (Å²) in [6.07, 6.45) is 9.27. The van der Waals surface area contributed by atoms with E-state index < -0.39 is 17.7 Å². The summed E-state index contributed by atoms with van der Waals surface area (Å²) in [6.45, 7) is 4.57. The molecule has 0 bridgehead atoms. The van der Waals surface area contributed by atoms with E-state index in [1.54, 1.807) is 27.9 Å². The Bertz CT molecular complexity index is 957. The third kappa shape index (κ3) is 8.75. The minimum Gasteiger partial charge on any atom is -0.489 e. The smallest absolute Gasteiger partial charge is 0.240 e. The first-order valence-electron chi connectivity index (χ1n) is 14.5. The zero-order valence-corrected chi connectivity index (χ0v) is 24.1. The number of hydrogen-bond acceptors (Lipinski definition) is 7. The predicted molar refractivity (Wildman–Crippen MR) is 152 cm³/mol. The SMILES string of the molecule is CNCC(=O)NCCCc1cccc2c1OC(CNC(C(=O)N(C)C(C=O)C(C)(C)O)C1CCCCC1)CC2. The number of hydrogen-bond donors (Lipinski definition) is 4. The lowest BCUT2D eigenvalue weighted by molar-refractivity contribution is -0.145. The monoisotopic (exact) mass is 544 g/mol. The van der Waals surface area contributed by atoms with E-state index in [9.17, 15) is 19.5 Å². The van der Waals surface area contributed by atoms with E-state index in [4.69, 9.17) is 4.74 Å². The molecule has 4 N–H and O–H groups in total. The van der Waals surface area contributed by atoms with Gasteiger partial charge in [0.2, 0.25) is 11.8 Å². The van der Waals surface area contributed by atoms with E-state index in [1.807, 2.05) is 0 Å². The maximum atomic E-state index is 13.7. The second kappa shape index (κ2) is 14.8. The van der Waals surface area contributed by atoms with Crippen LogP contribution in [0.4, 0.5) is 0 Å². The van der Waals surface area contributed by atoms with Crippen LogP contribution in [0.25, 0.3) is 0 Å². The summed E-state index contributed by atoms with van der Waals surface area (Å²) >= 11 is 0. The van der Waals surface area contributed by atoms with Crippen LogP contribution in [0.15, 0.2) is 18.2 Å². The molecule has 1 aromatic rings. The number of nitrogens with one attached hydrogen (secondary N) is 3. The Kier molecular flexibility index (Phi) is 11.8.